The standard InChI is InChI=1S/C23H22O3/c1-16-4-6-19(7-5-16)23(24)11-10-20-8-9-21(26-20)15-25-22-13-17(2)12-18(3)14-22/h4-14H,15H2,1-3H3/b11-10+. The predicted octanol–water partition coefficient (Wildman–Crippen LogP) is 5.68. The Kier molecular flexibility index (Phi) is 5.37. The van der Waals surface area contributed by atoms with Gasteiger partial charge in [-0.25, -0.2) is 0 Å². The summed E-state index contributed by atoms with van der Waals surface area (Å²) in [6.07, 6.45) is 3.21. The molecule has 0 fully saturated rings. The molecule has 0 unspecified atom stereocenters. The molecule has 0 spiro atoms. The molecule has 0 atom stereocenters. The third-order valence-electron chi connectivity index (χ3n) is 3.99. The maximum atomic E-state index is 12.2. The van der Waals surface area contributed by atoms with Crippen molar-refractivity contribution in [2.75, 3.05) is 0 Å². The number of carbonyl (C=O) groups excluding carboxylic acids is 1. The fourth-order valence-corrected chi connectivity index (χ4v) is 2.70. The van der Waals surface area contributed by atoms with Crippen LogP contribution in [0.2, 0.25) is 0 Å². The topological polar surface area (TPSA) is 39.4 Å². The number of benzene rings is 2. The normalized spacial score (nSPS) is 11.0. The van der Waals surface area contributed by atoms with Crippen LogP contribution in [0.3, 0.4) is 0 Å². The summed E-state index contributed by atoms with van der Waals surface area (Å²) in [4.78, 5) is 12.2. The van der Waals surface area contributed by atoms with Crippen LogP contribution in [0.25, 0.3) is 6.08 Å². The zero-order valence-corrected chi connectivity index (χ0v) is 15.3. The van der Waals surface area contributed by atoms with Crippen LogP contribution in [0.4, 0.5) is 0 Å². The Morgan fingerprint density at radius 2 is 1.62 bits per heavy atom. The first-order valence-corrected chi connectivity index (χ1v) is 8.58. The third-order valence-corrected chi connectivity index (χ3v) is 3.99. The van der Waals surface area contributed by atoms with E-state index in [0.717, 1.165) is 22.4 Å². The van der Waals surface area contributed by atoms with Crippen LogP contribution in [0.15, 0.2) is 65.1 Å². The average Bonchev–Trinajstić information content (AvgIpc) is 3.06. The van der Waals surface area contributed by atoms with Crippen molar-refractivity contribution in [2.24, 2.45) is 0 Å². The Morgan fingerprint density at radius 3 is 2.31 bits per heavy atom. The molecule has 2 aromatic carbocycles. The zero-order chi connectivity index (χ0) is 18.5. The Balaban J connectivity index is 1.60. The quantitative estimate of drug-likeness (QED) is 0.426. The summed E-state index contributed by atoms with van der Waals surface area (Å²) in [6.45, 7) is 6.43. The highest BCUT2D eigenvalue weighted by Gasteiger charge is 2.04. The van der Waals surface area contributed by atoms with E-state index in [9.17, 15) is 4.79 Å². The van der Waals surface area contributed by atoms with E-state index in [4.69, 9.17) is 9.15 Å². The molecule has 3 aromatic rings. The van der Waals surface area contributed by atoms with Crippen molar-refractivity contribution in [1.82, 2.24) is 0 Å². The van der Waals surface area contributed by atoms with Crippen LogP contribution < -0.4 is 4.74 Å². The Morgan fingerprint density at radius 1 is 0.923 bits per heavy atom. The van der Waals surface area contributed by atoms with E-state index in [1.54, 1.807) is 6.08 Å². The molecule has 3 nitrogen and oxygen atoms in total. The summed E-state index contributed by atoms with van der Waals surface area (Å²) in [6, 6.07) is 17.3. The van der Waals surface area contributed by atoms with Crippen molar-refractivity contribution >= 4 is 11.9 Å². The number of hydrogen-bond donors (Lipinski definition) is 0. The molecule has 1 heterocycles. The Labute approximate surface area is 153 Å². The lowest BCUT2D eigenvalue weighted by Crippen LogP contribution is -1.94. The molecule has 132 valence electrons. The first-order valence-electron chi connectivity index (χ1n) is 8.58. The molecule has 0 aliphatic carbocycles. The summed E-state index contributed by atoms with van der Waals surface area (Å²) in [5, 5.41) is 0. The molecular formula is C23H22O3. The number of rotatable bonds is 6. The van der Waals surface area contributed by atoms with E-state index in [1.807, 2.05) is 69.3 Å². The van der Waals surface area contributed by atoms with Crippen LogP contribution in [-0.4, -0.2) is 5.78 Å². The van der Waals surface area contributed by atoms with E-state index in [0.29, 0.717) is 23.7 Å². The van der Waals surface area contributed by atoms with E-state index in [2.05, 4.69) is 6.07 Å². The van der Waals surface area contributed by atoms with Gasteiger partial charge in [-0.15, -0.1) is 0 Å². The highest BCUT2D eigenvalue weighted by molar-refractivity contribution is 6.06. The van der Waals surface area contributed by atoms with Gasteiger partial charge in [0.1, 0.15) is 23.9 Å². The molecule has 0 aliphatic heterocycles. The number of hydrogen-bond acceptors (Lipinski definition) is 3. The van der Waals surface area contributed by atoms with Crippen LogP contribution in [0.1, 0.15) is 38.6 Å². The zero-order valence-electron chi connectivity index (χ0n) is 15.3. The van der Waals surface area contributed by atoms with Crippen LogP contribution in [0, 0.1) is 20.8 Å². The number of ether oxygens (including phenoxy) is 1. The van der Waals surface area contributed by atoms with Gasteiger partial charge in [-0.3, -0.25) is 4.79 Å². The van der Waals surface area contributed by atoms with E-state index < -0.39 is 0 Å². The van der Waals surface area contributed by atoms with Gasteiger partial charge < -0.3 is 9.15 Å². The fraction of sp³-hybridized carbons (Fsp3) is 0.174. The van der Waals surface area contributed by atoms with Gasteiger partial charge in [0.05, 0.1) is 0 Å². The summed E-state index contributed by atoms with van der Waals surface area (Å²) >= 11 is 0. The van der Waals surface area contributed by atoms with Gasteiger partial charge in [0.15, 0.2) is 5.78 Å². The molecule has 0 saturated heterocycles. The monoisotopic (exact) mass is 346 g/mol. The van der Waals surface area contributed by atoms with E-state index in [-0.39, 0.29) is 5.78 Å². The number of carbonyl (C=O) groups is 1. The lowest BCUT2D eigenvalue weighted by molar-refractivity contribution is 0.104. The van der Waals surface area contributed by atoms with Crippen molar-refractivity contribution < 1.29 is 13.9 Å². The van der Waals surface area contributed by atoms with Gasteiger partial charge >= 0.3 is 0 Å². The van der Waals surface area contributed by atoms with Gasteiger partial charge in [-0.05, 0) is 68.3 Å². The largest absolute Gasteiger partial charge is 0.486 e. The summed E-state index contributed by atoms with van der Waals surface area (Å²) in [7, 11) is 0. The maximum absolute atomic E-state index is 12.2. The van der Waals surface area contributed by atoms with Crippen LogP contribution >= 0.6 is 0 Å². The maximum Gasteiger partial charge on any atom is 0.185 e. The highest BCUT2D eigenvalue weighted by atomic mass is 16.5. The fourth-order valence-electron chi connectivity index (χ4n) is 2.70. The smallest absolute Gasteiger partial charge is 0.185 e. The first-order chi connectivity index (χ1) is 12.5. The number of allylic oxidation sites excluding steroid dienone is 1. The van der Waals surface area contributed by atoms with Gasteiger partial charge in [0.2, 0.25) is 0 Å². The van der Waals surface area contributed by atoms with Crippen molar-refractivity contribution in [2.45, 2.75) is 27.4 Å². The molecule has 1 aromatic heterocycles. The second-order valence-electron chi connectivity index (χ2n) is 6.48. The molecule has 3 rings (SSSR count). The van der Waals surface area contributed by atoms with Gasteiger partial charge in [0, 0.05) is 5.56 Å². The molecule has 3 heteroatoms. The van der Waals surface area contributed by atoms with Crippen molar-refractivity contribution in [3.63, 3.8) is 0 Å². The summed E-state index contributed by atoms with van der Waals surface area (Å²) in [5.41, 5.74) is 4.12. The minimum atomic E-state index is -0.0468. The molecular weight excluding hydrogens is 324 g/mol. The number of aryl methyl sites for hydroxylation is 3. The Bertz CT molecular complexity index is 910. The predicted molar refractivity (Wildman–Crippen MR) is 103 cm³/mol. The minimum absolute atomic E-state index is 0.0468. The minimum Gasteiger partial charge on any atom is -0.486 e. The average molecular weight is 346 g/mol. The number of furan rings is 1. The van der Waals surface area contributed by atoms with Gasteiger partial charge in [-0.1, -0.05) is 35.9 Å². The summed E-state index contributed by atoms with van der Waals surface area (Å²) in [5.74, 6) is 2.12. The Hall–Kier alpha value is -3.07. The van der Waals surface area contributed by atoms with Crippen molar-refractivity contribution in [1.29, 1.82) is 0 Å². The third kappa shape index (κ3) is 4.73. The molecule has 0 aliphatic rings. The molecule has 0 amide bonds. The molecule has 0 saturated carbocycles. The van der Waals surface area contributed by atoms with Crippen LogP contribution in [-0.2, 0) is 6.61 Å². The number of ketones is 1. The van der Waals surface area contributed by atoms with Crippen molar-refractivity contribution in [3.8, 4) is 5.75 Å². The SMILES string of the molecule is Cc1ccc(C(=O)/C=C/c2ccc(COc3cc(C)cc(C)c3)o2)cc1. The lowest BCUT2D eigenvalue weighted by Gasteiger charge is -2.06. The van der Waals surface area contributed by atoms with Gasteiger partial charge in [0.25, 0.3) is 0 Å². The highest BCUT2D eigenvalue weighted by Crippen LogP contribution is 2.19. The van der Waals surface area contributed by atoms with Crippen molar-refractivity contribution in [3.05, 3.63) is 94.4 Å². The molecule has 0 radical (unpaired) electrons. The van der Waals surface area contributed by atoms with E-state index in [1.165, 1.54) is 6.08 Å². The first kappa shape index (κ1) is 17.7. The molecule has 0 bridgehead atoms. The summed E-state index contributed by atoms with van der Waals surface area (Å²) < 4.78 is 11.5. The second kappa shape index (κ2) is 7.87. The van der Waals surface area contributed by atoms with E-state index >= 15 is 0 Å². The lowest BCUT2D eigenvalue weighted by atomic mass is 10.1. The molecule has 26 heavy (non-hydrogen) atoms. The molecule has 0 N–H and O–H groups in total. The second-order valence-corrected chi connectivity index (χ2v) is 6.48. The van der Waals surface area contributed by atoms with Crippen LogP contribution in [0.5, 0.6) is 5.75 Å². The van der Waals surface area contributed by atoms with Gasteiger partial charge in [-0.2, -0.15) is 0 Å².